The van der Waals surface area contributed by atoms with Gasteiger partial charge in [-0.3, -0.25) is 4.79 Å². The van der Waals surface area contributed by atoms with E-state index in [4.69, 9.17) is 9.84 Å². The summed E-state index contributed by atoms with van der Waals surface area (Å²) in [6.45, 7) is 0.615. The Balaban J connectivity index is 0.00000144. The molecule has 0 spiro atoms. The number of anilines is 1. The molecule has 0 saturated carbocycles. The largest absolute Gasteiger partial charge is 1.00 e. The van der Waals surface area contributed by atoms with Crippen molar-refractivity contribution in [2.24, 2.45) is 0 Å². The number of benzene rings is 1. The molecule has 1 saturated heterocycles. The van der Waals surface area contributed by atoms with E-state index in [2.05, 4.69) is 0 Å². The molecule has 0 aliphatic carbocycles. The van der Waals surface area contributed by atoms with Crippen LogP contribution >= 0.6 is 0 Å². The van der Waals surface area contributed by atoms with Crippen LogP contribution in [0.15, 0.2) is 30.3 Å². The Bertz CT molecular complexity index is 415. The summed E-state index contributed by atoms with van der Waals surface area (Å²) in [6.07, 6.45) is -1.38. The van der Waals surface area contributed by atoms with Gasteiger partial charge in [0, 0.05) is 12.2 Å². The Morgan fingerprint density at radius 3 is 2.65 bits per heavy atom. The number of para-hydroxylation sites is 1. The summed E-state index contributed by atoms with van der Waals surface area (Å²) in [7, 11) is 0. The van der Waals surface area contributed by atoms with E-state index in [-0.39, 0.29) is 26.9 Å². The number of ether oxygens (including phenoxy) is 1. The summed E-state index contributed by atoms with van der Waals surface area (Å²) in [4.78, 5) is 24.0. The fourth-order valence-electron chi connectivity index (χ4n) is 1.63. The third-order valence-electron chi connectivity index (χ3n) is 2.38. The van der Waals surface area contributed by atoms with E-state index >= 15 is 0 Å². The number of amides is 1. The Kier molecular flexibility index (Phi) is 4.76. The first-order valence-corrected chi connectivity index (χ1v) is 4.91. The summed E-state index contributed by atoms with van der Waals surface area (Å²) >= 11 is 0. The van der Waals surface area contributed by atoms with E-state index in [1.807, 2.05) is 6.07 Å². The second-order valence-corrected chi connectivity index (χ2v) is 3.41. The van der Waals surface area contributed by atoms with Gasteiger partial charge in [-0.2, -0.15) is 0 Å². The van der Waals surface area contributed by atoms with Crippen LogP contribution in [0.5, 0.6) is 0 Å². The van der Waals surface area contributed by atoms with E-state index in [0.29, 0.717) is 12.2 Å². The van der Waals surface area contributed by atoms with Crippen LogP contribution in [0.4, 0.5) is 5.69 Å². The molecule has 1 N–H and O–H groups in total. The van der Waals surface area contributed by atoms with Crippen molar-refractivity contribution < 1.29 is 39.7 Å². The summed E-state index contributed by atoms with van der Waals surface area (Å²) in [5.41, 5.74) is 0.696. The zero-order chi connectivity index (χ0) is 11.5. The minimum Gasteiger partial charge on any atom is -1.00 e. The predicted octanol–water partition coefficient (Wildman–Crippen LogP) is -2.38. The molecule has 1 atom stereocenters. The van der Waals surface area contributed by atoms with Gasteiger partial charge in [-0.05, 0) is 12.1 Å². The van der Waals surface area contributed by atoms with Crippen LogP contribution in [-0.2, 0) is 14.3 Å². The van der Waals surface area contributed by atoms with Gasteiger partial charge in [0.05, 0.1) is 6.61 Å². The summed E-state index contributed by atoms with van der Waals surface area (Å²) in [5.74, 6) is -1.77. The van der Waals surface area contributed by atoms with Gasteiger partial charge in [-0.25, -0.2) is 4.79 Å². The van der Waals surface area contributed by atoms with E-state index in [1.165, 1.54) is 4.90 Å². The van der Waals surface area contributed by atoms with Crippen LogP contribution in [0.2, 0.25) is 0 Å². The van der Waals surface area contributed by atoms with Crippen LogP contribution in [0.25, 0.3) is 0 Å². The Hall–Kier alpha value is -1.28. The molecule has 1 heterocycles. The SMILES string of the molecule is O=C(O)C1OCCN(c2ccccc2)C1=O.[H-].[Li+]. The molecule has 2 rings (SSSR count). The van der Waals surface area contributed by atoms with E-state index in [0.717, 1.165) is 0 Å². The molecule has 0 aromatic heterocycles. The summed E-state index contributed by atoms with van der Waals surface area (Å²) < 4.78 is 4.91. The van der Waals surface area contributed by atoms with Crippen molar-refractivity contribution >= 4 is 17.6 Å². The molecule has 17 heavy (non-hydrogen) atoms. The molecule has 1 unspecified atom stereocenters. The minimum absolute atomic E-state index is 0. The average Bonchev–Trinajstić information content (AvgIpc) is 2.30. The number of carbonyl (C=O) groups excluding carboxylic acids is 1. The molecule has 1 fully saturated rings. The molecule has 5 nitrogen and oxygen atoms in total. The fourth-order valence-corrected chi connectivity index (χ4v) is 1.63. The molecule has 0 radical (unpaired) electrons. The molecular weight excluding hydrogens is 217 g/mol. The van der Waals surface area contributed by atoms with Crippen molar-refractivity contribution in [3.63, 3.8) is 0 Å². The number of rotatable bonds is 2. The second kappa shape index (κ2) is 5.87. The number of morpholine rings is 1. The van der Waals surface area contributed by atoms with Crippen LogP contribution in [-0.4, -0.2) is 36.2 Å². The van der Waals surface area contributed by atoms with E-state index in [1.54, 1.807) is 24.3 Å². The average molecular weight is 229 g/mol. The van der Waals surface area contributed by atoms with E-state index < -0.39 is 18.0 Å². The van der Waals surface area contributed by atoms with Crippen LogP contribution in [0.1, 0.15) is 1.43 Å². The van der Waals surface area contributed by atoms with Crippen molar-refractivity contribution in [1.29, 1.82) is 0 Å². The molecule has 86 valence electrons. The van der Waals surface area contributed by atoms with Gasteiger partial charge in [-0.1, -0.05) is 18.2 Å². The maximum atomic E-state index is 11.8. The molecule has 1 aliphatic heterocycles. The number of carbonyl (C=O) groups is 2. The van der Waals surface area contributed by atoms with Crippen LogP contribution in [0, 0.1) is 0 Å². The van der Waals surface area contributed by atoms with Gasteiger partial charge >= 0.3 is 24.8 Å². The smallest absolute Gasteiger partial charge is 1.00 e. The van der Waals surface area contributed by atoms with Crippen molar-refractivity contribution in [2.45, 2.75) is 6.10 Å². The maximum absolute atomic E-state index is 11.8. The number of hydrogen-bond donors (Lipinski definition) is 1. The first-order valence-electron chi connectivity index (χ1n) is 4.91. The molecule has 1 amide bonds. The topological polar surface area (TPSA) is 66.8 Å². The quantitative estimate of drug-likeness (QED) is 0.454. The zero-order valence-electron chi connectivity index (χ0n) is 10.5. The molecule has 1 aromatic rings. The number of carboxylic acid groups (broad SMARTS) is 1. The summed E-state index contributed by atoms with van der Waals surface area (Å²) in [5, 5.41) is 8.80. The van der Waals surface area contributed by atoms with Gasteiger partial charge < -0.3 is 16.2 Å². The van der Waals surface area contributed by atoms with Gasteiger partial charge in [0.2, 0.25) is 6.10 Å². The maximum Gasteiger partial charge on any atom is 1.00 e. The summed E-state index contributed by atoms with van der Waals surface area (Å²) in [6, 6.07) is 8.97. The van der Waals surface area contributed by atoms with E-state index in [9.17, 15) is 9.59 Å². The number of aliphatic carboxylic acids is 1. The third kappa shape index (κ3) is 2.89. The number of nitrogens with zero attached hydrogens (tertiary/aromatic N) is 1. The van der Waals surface area contributed by atoms with Crippen LogP contribution in [0.3, 0.4) is 0 Å². The molecule has 1 aromatic carbocycles. The molecule has 0 bridgehead atoms. The van der Waals surface area contributed by atoms with Gasteiger partial charge in [0.1, 0.15) is 0 Å². The van der Waals surface area contributed by atoms with Crippen molar-refractivity contribution in [3.8, 4) is 0 Å². The van der Waals surface area contributed by atoms with Gasteiger partial charge in [0.25, 0.3) is 5.91 Å². The minimum atomic E-state index is -1.38. The molecule has 6 heteroatoms. The first kappa shape index (κ1) is 13.8. The Morgan fingerprint density at radius 2 is 2.06 bits per heavy atom. The number of carboxylic acids is 1. The van der Waals surface area contributed by atoms with Gasteiger partial charge in [0.15, 0.2) is 0 Å². The zero-order valence-corrected chi connectivity index (χ0v) is 9.50. The third-order valence-corrected chi connectivity index (χ3v) is 2.38. The monoisotopic (exact) mass is 229 g/mol. The van der Waals surface area contributed by atoms with Crippen LogP contribution < -0.4 is 23.8 Å². The first-order chi connectivity index (χ1) is 7.70. The van der Waals surface area contributed by atoms with Gasteiger partial charge in [-0.15, -0.1) is 0 Å². The molecule has 1 aliphatic rings. The van der Waals surface area contributed by atoms with Crippen molar-refractivity contribution in [3.05, 3.63) is 30.3 Å². The molecular formula is C11H12LiNO4. The second-order valence-electron chi connectivity index (χ2n) is 3.41. The Labute approximate surface area is 112 Å². The standard InChI is InChI=1S/C11H11NO4.Li.H/c13-10-9(11(14)15)16-7-6-12(10)8-4-2-1-3-5-8;;/h1-5,9H,6-7H2,(H,14,15);;/q;+1;-1. The Morgan fingerprint density at radius 1 is 1.41 bits per heavy atom. The van der Waals surface area contributed by atoms with Crippen molar-refractivity contribution in [2.75, 3.05) is 18.1 Å². The fraction of sp³-hybridized carbons (Fsp3) is 0.273. The van der Waals surface area contributed by atoms with Crippen molar-refractivity contribution in [1.82, 2.24) is 0 Å². The number of hydrogen-bond acceptors (Lipinski definition) is 3. The normalized spacial score (nSPS) is 19.6. The predicted molar refractivity (Wildman–Crippen MR) is 57.3 cm³/mol.